The van der Waals surface area contributed by atoms with Crippen molar-refractivity contribution in [3.63, 3.8) is 0 Å². The normalized spacial score (nSPS) is 18.1. The molecule has 1 rings (SSSR count). The van der Waals surface area contributed by atoms with Crippen LogP contribution in [-0.2, 0) is 19.2 Å². The number of nitrogens with one attached hydrogen (secondary N) is 2. The molecule has 1 heterocycles. The lowest BCUT2D eigenvalue weighted by atomic mass is 10.0. The van der Waals surface area contributed by atoms with Crippen molar-refractivity contribution in [2.45, 2.75) is 90.4 Å². The van der Waals surface area contributed by atoms with Crippen LogP contribution in [0.3, 0.4) is 0 Å². The molecule has 3 amide bonds. The summed E-state index contributed by atoms with van der Waals surface area (Å²) in [7, 11) is 0. The Morgan fingerprint density at radius 1 is 1.03 bits per heavy atom. The molecule has 4 unspecified atom stereocenters. The first-order chi connectivity index (χ1) is 16.3. The highest BCUT2D eigenvalue weighted by Crippen LogP contribution is 2.20. The molecule has 35 heavy (non-hydrogen) atoms. The van der Waals surface area contributed by atoms with Gasteiger partial charge in [-0.2, -0.15) is 0 Å². The van der Waals surface area contributed by atoms with E-state index in [-0.39, 0.29) is 36.7 Å². The Morgan fingerprint density at radius 3 is 2.20 bits per heavy atom. The zero-order valence-electron chi connectivity index (χ0n) is 21.3. The molecular weight excluding hydrogens is 454 g/mol. The SMILES string of the molecule is CC(C)CC(N)C(=O)N1CCCC1C(=O)NC(CC(C)C)C(=O)NC(CCCN=C(N)N)C(=O)O. The van der Waals surface area contributed by atoms with Crippen LogP contribution in [0.25, 0.3) is 0 Å². The predicted octanol–water partition coefficient (Wildman–Crippen LogP) is -0.495. The lowest BCUT2D eigenvalue weighted by Gasteiger charge is -2.29. The number of carboxylic acid groups (broad SMARTS) is 1. The predicted molar refractivity (Wildman–Crippen MR) is 133 cm³/mol. The molecule has 12 heteroatoms. The smallest absolute Gasteiger partial charge is 0.326 e. The van der Waals surface area contributed by atoms with Gasteiger partial charge in [-0.3, -0.25) is 19.4 Å². The minimum atomic E-state index is -1.19. The van der Waals surface area contributed by atoms with Gasteiger partial charge in [-0.25, -0.2) is 4.79 Å². The fraction of sp³-hybridized carbons (Fsp3) is 0.783. The van der Waals surface area contributed by atoms with Crippen molar-refractivity contribution in [3.8, 4) is 0 Å². The van der Waals surface area contributed by atoms with Crippen molar-refractivity contribution >= 4 is 29.7 Å². The van der Waals surface area contributed by atoms with Crippen LogP contribution in [0.2, 0.25) is 0 Å². The zero-order valence-corrected chi connectivity index (χ0v) is 21.3. The summed E-state index contributed by atoms with van der Waals surface area (Å²) in [6, 6.07) is -3.49. The molecular formula is C23H43N7O5. The molecule has 0 spiro atoms. The lowest BCUT2D eigenvalue weighted by molar-refractivity contribution is -0.143. The minimum Gasteiger partial charge on any atom is -0.480 e. The number of aliphatic carboxylic acids is 1. The number of guanidine groups is 1. The van der Waals surface area contributed by atoms with Gasteiger partial charge < -0.3 is 37.8 Å². The Morgan fingerprint density at radius 2 is 1.66 bits per heavy atom. The molecule has 0 aromatic heterocycles. The molecule has 0 saturated carbocycles. The standard InChI is InChI=1S/C23H43N7O5/c1-13(2)11-15(24)21(33)30-10-6-8-18(30)20(32)29-17(12-14(3)4)19(31)28-16(22(34)35)7-5-9-27-23(25)26/h13-18H,5-12,24H2,1-4H3,(H,28,31)(H,29,32)(H,34,35)(H4,25,26,27). The Hall–Kier alpha value is -2.89. The van der Waals surface area contributed by atoms with Crippen LogP contribution >= 0.6 is 0 Å². The van der Waals surface area contributed by atoms with E-state index in [1.54, 1.807) is 0 Å². The maximum Gasteiger partial charge on any atom is 0.326 e. The number of carbonyl (C=O) groups excluding carboxylic acids is 3. The highest BCUT2D eigenvalue weighted by atomic mass is 16.4. The molecule has 1 aliphatic heterocycles. The first-order valence-corrected chi connectivity index (χ1v) is 12.3. The van der Waals surface area contributed by atoms with E-state index in [2.05, 4.69) is 15.6 Å². The second-order valence-electron chi connectivity index (χ2n) is 9.96. The molecule has 4 atom stereocenters. The number of rotatable bonds is 14. The van der Waals surface area contributed by atoms with Crippen molar-refractivity contribution in [3.05, 3.63) is 0 Å². The molecule has 0 radical (unpaired) electrons. The first-order valence-electron chi connectivity index (χ1n) is 12.3. The average Bonchev–Trinajstić information content (AvgIpc) is 3.23. The molecule has 200 valence electrons. The first kappa shape index (κ1) is 30.1. The summed E-state index contributed by atoms with van der Waals surface area (Å²) in [6.07, 6.45) is 2.44. The van der Waals surface area contributed by atoms with E-state index < -0.39 is 42.0 Å². The average molecular weight is 498 g/mol. The molecule has 1 fully saturated rings. The van der Waals surface area contributed by atoms with E-state index in [0.717, 1.165) is 0 Å². The summed E-state index contributed by atoms with van der Waals surface area (Å²) in [5.41, 5.74) is 16.6. The van der Waals surface area contributed by atoms with Gasteiger partial charge in [-0.15, -0.1) is 0 Å². The van der Waals surface area contributed by atoms with Crippen LogP contribution < -0.4 is 27.8 Å². The van der Waals surface area contributed by atoms with Gasteiger partial charge in [-0.05, 0) is 50.4 Å². The minimum absolute atomic E-state index is 0.0528. The van der Waals surface area contributed by atoms with Crippen molar-refractivity contribution in [1.82, 2.24) is 15.5 Å². The molecule has 1 aliphatic rings. The van der Waals surface area contributed by atoms with Crippen molar-refractivity contribution in [2.24, 2.45) is 34.0 Å². The molecule has 0 bridgehead atoms. The van der Waals surface area contributed by atoms with Gasteiger partial charge in [0.05, 0.1) is 6.04 Å². The maximum atomic E-state index is 13.1. The third-order valence-corrected chi connectivity index (χ3v) is 5.78. The summed E-state index contributed by atoms with van der Waals surface area (Å²) in [4.78, 5) is 55.9. The van der Waals surface area contributed by atoms with Gasteiger partial charge in [0.1, 0.15) is 18.1 Å². The highest BCUT2D eigenvalue weighted by Gasteiger charge is 2.38. The van der Waals surface area contributed by atoms with Crippen LogP contribution in [0.4, 0.5) is 0 Å². The number of likely N-dealkylation sites (tertiary alicyclic amines) is 1. The number of carboxylic acids is 1. The van der Waals surface area contributed by atoms with E-state index in [4.69, 9.17) is 17.2 Å². The second-order valence-corrected chi connectivity index (χ2v) is 9.96. The van der Waals surface area contributed by atoms with E-state index in [9.17, 15) is 24.3 Å². The van der Waals surface area contributed by atoms with Crippen LogP contribution in [0, 0.1) is 11.8 Å². The third kappa shape index (κ3) is 10.5. The van der Waals surface area contributed by atoms with Gasteiger partial charge in [-0.1, -0.05) is 27.7 Å². The quantitative estimate of drug-likeness (QED) is 0.104. The van der Waals surface area contributed by atoms with Crippen molar-refractivity contribution in [2.75, 3.05) is 13.1 Å². The van der Waals surface area contributed by atoms with E-state index >= 15 is 0 Å². The van der Waals surface area contributed by atoms with Gasteiger partial charge in [0, 0.05) is 13.1 Å². The van der Waals surface area contributed by atoms with Gasteiger partial charge in [0.15, 0.2) is 5.96 Å². The molecule has 0 aromatic rings. The van der Waals surface area contributed by atoms with E-state index in [0.29, 0.717) is 38.6 Å². The molecule has 0 aromatic carbocycles. The summed E-state index contributed by atoms with van der Waals surface area (Å²) in [5, 5.41) is 14.8. The lowest BCUT2D eigenvalue weighted by Crippen LogP contribution is -2.57. The van der Waals surface area contributed by atoms with Gasteiger partial charge in [0.2, 0.25) is 17.7 Å². The van der Waals surface area contributed by atoms with E-state index in [1.165, 1.54) is 4.90 Å². The van der Waals surface area contributed by atoms with Crippen LogP contribution in [0.5, 0.6) is 0 Å². The number of carbonyl (C=O) groups is 4. The number of nitrogens with two attached hydrogens (primary N) is 3. The Bertz CT molecular complexity index is 767. The van der Waals surface area contributed by atoms with Gasteiger partial charge >= 0.3 is 5.97 Å². The third-order valence-electron chi connectivity index (χ3n) is 5.78. The van der Waals surface area contributed by atoms with Crippen LogP contribution in [0.1, 0.15) is 66.2 Å². The van der Waals surface area contributed by atoms with Crippen molar-refractivity contribution < 1.29 is 24.3 Å². The van der Waals surface area contributed by atoms with Crippen LogP contribution in [0.15, 0.2) is 4.99 Å². The number of hydrogen-bond acceptors (Lipinski definition) is 6. The maximum absolute atomic E-state index is 13.1. The topological polar surface area (TPSA) is 206 Å². The number of aliphatic imine (C=N–C) groups is 1. The Balaban J connectivity index is 2.87. The second kappa shape index (κ2) is 14.5. The zero-order chi connectivity index (χ0) is 26.7. The molecule has 12 nitrogen and oxygen atoms in total. The Labute approximate surface area is 207 Å². The highest BCUT2D eigenvalue weighted by molar-refractivity contribution is 5.94. The fourth-order valence-electron chi connectivity index (χ4n) is 4.13. The summed E-state index contributed by atoms with van der Waals surface area (Å²) in [5.74, 6) is -2.29. The number of nitrogens with zero attached hydrogens (tertiary/aromatic N) is 2. The molecule has 0 aliphatic carbocycles. The molecule has 9 N–H and O–H groups in total. The number of amides is 3. The summed E-state index contributed by atoms with van der Waals surface area (Å²) in [6.45, 7) is 8.40. The Kier molecular flexibility index (Phi) is 12.5. The van der Waals surface area contributed by atoms with Gasteiger partial charge in [0.25, 0.3) is 0 Å². The number of hydrogen-bond donors (Lipinski definition) is 6. The fourth-order valence-corrected chi connectivity index (χ4v) is 4.13. The summed E-state index contributed by atoms with van der Waals surface area (Å²) < 4.78 is 0. The summed E-state index contributed by atoms with van der Waals surface area (Å²) >= 11 is 0. The van der Waals surface area contributed by atoms with Crippen LogP contribution in [-0.4, -0.2) is 76.9 Å². The monoisotopic (exact) mass is 497 g/mol. The largest absolute Gasteiger partial charge is 0.480 e. The van der Waals surface area contributed by atoms with E-state index in [1.807, 2.05) is 27.7 Å². The molecule has 1 saturated heterocycles. The van der Waals surface area contributed by atoms with Crippen molar-refractivity contribution in [1.29, 1.82) is 0 Å².